The number of amides is 1. The predicted octanol–water partition coefficient (Wildman–Crippen LogP) is 3.62. The van der Waals surface area contributed by atoms with Gasteiger partial charge in [0.1, 0.15) is 5.69 Å². The average molecular weight is 358 g/mol. The molecule has 118 valence electrons. The van der Waals surface area contributed by atoms with Crippen LogP contribution < -0.4 is 11.1 Å². The molecule has 0 aliphatic rings. The molecule has 1 heterocycles. The number of carbonyl (C=O) groups is 1. The van der Waals surface area contributed by atoms with Crippen LogP contribution in [0.5, 0.6) is 0 Å². The molecule has 4 nitrogen and oxygen atoms in total. The molecule has 0 aliphatic carbocycles. The van der Waals surface area contributed by atoms with Crippen molar-refractivity contribution in [1.82, 2.24) is 10.3 Å². The molecule has 0 unspecified atom stereocenters. The highest BCUT2D eigenvalue weighted by molar-refractivity contribution is 7.09. The highest BCUT2D eigenvalue weighted by Gasteiger charge is 2.25. The first-order valence-corrected chi connectivity index (χ1v) is 8.39. The van der Waals surface area contributed by atoms with E-state index < -0.39 is 5.54 Å². The fraction of sp³-hybridized carbons (Fsp3) is 0.333. The van der Waals surface area contributed by atoms with Crippen LogP contribution in [-0.2, 0) is 12.0 Å². The Morgan fingerprint density at radius 3 is 2.73 bits per heavy atom. The molecule has 1 aromatic carbocycles. The predicted molar refractivity (Wildman–Crippen MR) is 91.8 cm³/mol. The van der Waals surface area contributed by atoms with E-state index in [0.29, 0.717) is 28.7 Å². The number of benzene rings is 1. The van der Waals surface area contributed by atoms with Gasteiger partial charge in [-0.15, -0.1) is 11.3 Å². The monoisotopic (exact) mass is 357 g/mol. The van der Waals surface area contributed by atoms with Crippen LogP contribution in [0.15, 0.2) is 23.6 Å². The molecule has 0 radical (unpaired) electrons. The Kier molecular flexibility index (Phi) is 5.45. The number of thiazole rings is 1. The molecule has 2 aromatic rings. The summed E-state index contributed by atoms with van der Waals surface area (Å²) in [6.07, 6.45) is 0.675. The van der Waals surface area contributed by atoms with Crippen LogP contribution in [0.3, 0.4) is 0 Å². The Bertz CT molecular complexity index is 685. The first-order valence-electron chi connectivity index (χ1n) is 6.76. The van der Waals surface area contributed by atoms with Crippen LogP contribution in [0.2, 0.25) is 10.0 Å². The van der Waals surface area contributed by atoms with Gasteiger partial charge in [0, 0.05) is 11.8 Å². The van der Waals surface area contributed by atoms with E-state index in [-0.39, 0.29) is 5.91 Å². The van der Waals surface area contributed by atoms with Crippen LogP contribution in [-0.4, -0.2) is 17.4 Å². The van der Waals surface area contributed by atoms with Crippen molar-refractivity contribution in [2.45, 2.75) is 25.8 Å². The van der Waals surface area contributed by atoms with Gasteiger partial charge >= 0.3 is 0 Å². The van der Waals surface area contributed by atoms with Crippen molar-refractivity contribution in [2.75, 3.05) is 6.54 Å². The van der Waals surface area contributed by atoms with E-state index in [4.69, 9.17) is 28.9 Å². The Balaban J connectivity index is 2.15. The minimum absolute atomic E-state index is 0.226. The number of halogens is 2. The van der Waals surface area contributed by atoms with Crippen LogP contribution >= 0.6 is 34.5 Å². The summed E-state index contributed by atoms with van der Waals surface area (Å²) < 4.78 is 0. The minimum Gasteiger partial charge on any atom is -0.342 e. The zero-order valence-electron chi connectivity index (χ0n) is 12.3. The largest absolute Gasteiger partial charge is 0.342 e. The molecule has 0 saturated carbocycles. The van der Waals surface area contributed by atoms with Crippen molar-refractivity contribution >= 4 is 40.4 Å². The van der Waals surface area contributed by atoms with Gasteiger partial charge in [0.2, 0.25) is 0 Å². The third-order valence-corrected chi connectivity index (χ3v) is 4.86. The molecule has 2 rings (SSSR count). The molecule has 0 saturated heterocycles. The summed E-state index contributed by atoms with van der Waals surface area (Å²) in [5, 5.41) is 6.51. The molecule has 3 N–H and O–H groups in total. The maximum Gasteiger partial charge on any atom is 0.271 e. The van der Waals surface area contributed by atoms with Crippen molar-refractivity contribution in [1.29, 1.82) is 0 Å². The third kappa shape index (κ3) is 3.98. The first-order chi connectivity index (χ1) is 10.3. The van der Waals surface area contributed by atoms with Gasteiger partial charge in [-0.3, -0.25) is 4.79 Å². The Morgan fingerprint density at radius 2 is 2.09 bits per heavy atom. The van der Waals surface area contributed by atoms with Gasteiger partial charge < -0.3 is 11.1 Å². The molecule has 0 spiro atoms. The van der Waals surface area contributed by atoms with Crippen molar-refractivity contribution in [3.63, 3.8) is 0 Å². The van der Waals surface area contributed by atoms with Gasteiger partial charge in [0.25, 0.3) is 5.91 Å². The number of hydrogen-bond donors (Lipinski definition) is 2. The van der Waals surface area contributed by atoms with Crippen molar-refractivity contribution in [2.24, 2.45) is 5.73 Å². The second kappa shape index (κ2) is 6.96. The number of rotatable bonds is 5. The zero-order chi connectivity index (χ0) is 16.3. The first kappa shape index (κ1) is 17.2. The quantitative estimate of drug-likeness (QED) is 0.858. The molecule has 0 fully saturated rings. The Morgan fingerprint density at radius 1 is 1.36 bits per heavy atom. The fourth-order valence-corrected chi connectivity index (χ4v) is 3.05. The molecule has 0 aliphatic heterocycles. The summed E-state index contributed by atoms with van der Waals surface area (Å²) in [6, 6.07) is 5.32. The number of aromatic nitrogens is 1. The van der Waals surface area contributed by atoms with Crippen LogP contribution in [0.1, 0.15) is 34.9 Å². The van der Waals surface area contributed by atoms with E-state index in [2.05, 4.69) is 10.3 Å². The second-order valence-corrected chi connectivity index (χ2v) is 7.13. The van der Waals surface area contributed by atoms with Crippen molar-refractivity contribution < 1.29 is 4.79 Å². The van der Waals surface area contributed by atoms with Crippen LogP contribution in [0, 0.1) is 0 Å². The molecule has 7 heteroatoms. The zero-order valence-corrected chi connectivity index (χ0v) is 14.6. The summed E-state index contributed by atoms with van der Waals surface area (Å²) in [7, 11) is 0. The molecule has 1 aromatic heterocycles. The normalized spacial score (nSPS) is 11.5. The van der Waals surface area contributed by atoms with E-state index in [9.17, 15) is 4.79 Å². The van der Waals surface area contributed by atoms with E-state index in [1.807, 2.05) is 19.9 Å². The van der Waals surface area contributed by atoms with Crippen molar-refractivity contribution in [3.05, 3.63) is 49.9 Å². The van der Waals surface area contributed by atoms with Gasteiger partial charge in [-0.05, 0) is 38.1 Å². The molecule has 0 bridgehead atoms. The molecule has 22 heavy (non-hydrogen) atoms. The van der Waals surface area contributed by atoms with Gasteiger partial charge in [-0.25, -0.2) is 4.98 Å². The molecular weight excluding hydrogens is 341 g/mol. The van der Waals surface area contributed by atoms with Crippen LogP contribution in [0.25, 0.3) is 0 Å². The van der Waals surface area contributed by atoms with E-state index in [1.54, 1.807) is 17.5 Å². The average Bonchev–Trinajstić information content (AvgIpc) is 2.90. The maximum atomic E-state index is 12.3. The fourth-order valence-electron chi connectivity index (χ4n) is 1.96. The highest BCUT2D eigenvalue weighted by Crippen LogP contribution is 2.28. The molecular formula is C15H17Cl2N3OS. The topological polar surface area (TPSA) is 68.0 Å². The highest BCUT2D eigenvalue weighted by atomic mass is 35.5. The van der Waals surface area contributed by atoms with Gasteiger partial charge in [0.15, 0.2) is 0 Å². The van der Waals surface area contributed by atoms with E-state index >= 15 is 0 Å². The number of nitrogens with one attached hydrogen (secondary N) is 1. The number of nitrogens with zero attached hydrogens (tertiary/aromatic N) is 1. The summed E-state index contributed by atoms with van der Waals surface area (Å²) in [4.78, 5) is 16.6. The summed E-state index contributed by atoms with van der Waals surface area (Å²) in [5.41, 5.74) is 6.17. The second-order valence-electron chi connectivity index (χ2n) is 5.37. The Labute approximate surface area is 143 Å². The van der Waals surface area contributed by atoms with Gasteiger partial charge in [-0.1, -0.05) is 29.3 Å². The van der Waals surface area contributed by atoms with Crippen LogP contribution in [0.4, 0.5) is 0 Å². The molecule has 0 atom stereocenters. The smallest absolute Gasteiger partial charge is 0.271 e. The number of carbonyl (C=O) groups excluding carboxylic acids is 1. The lowest BCUT2D eigenvalue weighted by atomic mass is 9.94. The lowest BCUT2D eigenvalue weighted by molar-refractivity contribution is 0.0907. The Hall–Kier alpha value is -1.14. The van der Waals surface area contributed by atoms with E-state index in [1.165, 1.54) is 11.3 Å². The lowest BCUT2D eigenvalue weighted by Crippen LogP contribution is -2.41. The molecule has 1 amide bonds. The van der Waals surface area contributed by atoms with Gasteiger partial charge in [-0.2, -0.15) is 0 Å². The number of nitrogens with two attached hydrogens (primary N) is 1. The maximum absolute atomic E-state index is 12.3. The lowest BCUT2D eigenvalue weighted by Gasteiger charge is -2.27. The SMILES string of the molecule is CC(C)(NC(=O)c1csc(CCN)n1)c1ccc(Cl)c(Cl)c1. The standard InChI is InChI=1S/C15H17Cl2N3OS/c1-15(2,9-3-4-10(16)11(17)7-9)20-14(21)12-8-22-13(19-12)5-6-18/h3-4,7-8H,5-6,18H2,1-2H3,(H,20,21). The van der Waals surface area contributed by atoms with E-state index in [0.717, 1.165) is 10.6 Å². The van der Waals surface area contributed by atoms with Gasteiger partial charge in [0.05, 0.1) is 20.6 Å². The summed E-state index contributed by atoms with van der Waals surface area (Å²) >= 11 is 13.4. The third-order valence-electron chi connectivity index (χ3n) is 3.21. The summed E-state index contributed by atoms with van der Waals surface area (Å²) in [6.45, 7) is 4.32. The summed E-state index contributed by atoms with van der Waals surface area (Å²) in [5.74, 6) is -0.226. The minimum atomic E-state index is -0.594. The van der Waals surface area contributed by atoms with Crippen molar-refractivity contribution in [3.8, 4) is 0 Å². The number of hydrogen-bond acceptors (Lipinski definition) is 4.